The van der Waals surface area contributed by atoms with Gasteiger partial charge in [-0.1, -0.05) is 12.1 Å². The summed E-state index contributed by atoms with van der Waals surface area (Å²) < 4.78 is 62.9. The fourth-order valence-corrected chi connectivity index (χ4v) is 1.06. The van der Waals surface area contributed by atoms with Crippen LogP contribution in [-0.2, 0) is 11.4 Å². The highest BCUT2D eigenvalue weighted by Crippen LogP contribution is 2.15. The van der Waals surface area contributed by atoms with Crippen molar-refractivity contribution in [1.29, 1.82) is 0 Å². The van der Waals surface area contributed by atoms with Gasteiger partial charge in [-0.15, -0.1) is 0 Å². The molecule has 0 amide bonds. The van der Waals surface area contributed by atoms with Gasteiger partial charge < -0.3 is 4.74 Å². The van der Waals surface area contributed by atoms with Crippen LogP contribution in [0.4, 0.5) is 22.0 Å². The van der Waals surface area contributed by atoms with Gasteiger partial charge in [0.15, 0.2) is 6.61 Å². The number of hydrogen-bond acceptors (Lipinski definition) is 3. The van der Waals surface area contributed by atoms with Crippen LogP contribution < -0.4 is 10.2 Å². The second-order valence-corrected chi connectivity index (χ2v) is 3.25. The third-order valence-electron chi connectivity index (χ3n) is 1.76. The van der Waals surface area contributed by atoms with Crippen molar-refractivity contribution in [3.8, 4) is 5.75 Å². The third-order valence-corrected chi connectivity index (χ3v) is 1.76. The van der Waals surface area contributed by atoms with E-state index in [1.807, 2.05) is 0 Å². The molecule has 0 bridgehead atoms. The predicted octanol–water partition coefficient (Wildman–Crippen LogP) is 2.87. The van der Waals surface area contributed by atoms with Gasteiger partial charge in [0.05, 0.1) is 0 Å². The SMILES string of the molecule is FC(F)Oc1ccc(CNOCC(F)(F)F)cc1. The highest BCUT2D eigenvalue weighted by molar-refractivity contribution is 5.27. The Morgan fingerprint density at radius 3 is 2.22 bits per heavy atom. The fourth-order valence-electron chi connectivity index (χ4n) is 1.06. The number of halogens is 5. The molecule has 0 atom stereocenters. The molecular weight excluding hydrogens is 261 g/mol. The van der Waals surface area contributed by atoms with Crippen molar-refractivity contribution >= 4 is 0 Å². The van der Waals surface area contributed by atoms with Crippen LogP contribution in [0.5, 0.6) is 5.75 Å². The smallest absolute Gasteiger partial charge is 0.413 e. The van der Waals surface area contributed by atoms with Gasteiger partial charge in [0.1, 0.15) is 5.75 Å². The van der Waals surface area contributed by atoms with E-state index < -0.39 is 19.4 Å². The van der Waals surface area contributed by atoms with Crippen molar-refractivity contribution in [1.82, 2.24) is 5.48 Å². The van der Waals surface area contributed by atoms with E-state index in [1.165, 1.54) is 24.3 Å². The van der Waals surface area contributed by atoms with Crippen LogP contribution in [0.1, 0.15) is 5.56 Å². The average molecular weight is 271 g/mol. The molecule has 0 radical (unpaired) electrons. The monoisotopic (exact) mass is 271 g/mol. The van der Waals surface area contributed by atoms with Crippen LogP contribution in [0.25, 0.3) is 0 Å². The van der Waals surface area contributed by atoms with Gasteiger partial charge in [0.25, 0.3) is 0 Å². The van der Waals surface area contributed by atoms with Gasteiger partial charge in [-0.2, -0.15) is 27.4 Å². The summed E-state index contributed by atoms with van der Waals surface area (Å²) in [6, 6.07) is 5.43. The minimum Gasteiger partial charge on any atom is -0.435 e. The highest BCUT2D eigenvalue weighted by atomic mass is 19.4. The average Bonchev–Trinajstić information content (AvgIpc) is 2.24. The lowest BCUT2D eigenvalue weighted by atomic mass is 10.2. The molecule has 1 N–H and O–H groups in total. The number of nitrogens with one attached hydrogen (secondary N) is 1. The van der Waals surface area contributed by atoms with Gasteiger partial charge in [0, 0.05) is 6.54 Å². The Balaban J connectivity index is 2.31. The summed E-state index contributed by atoms with van der Waals surface area (Å²) in [7, 11) is 0. The molecule has 1 aromatic rings. The first-order chi connectivity index (χ1) is 8.37. The molecule has 0 aliphatic carbocycles. The largest absolute Gasteiger partial charge is 0.435 e. The van der Waals surface area contributed by atoms with Crippen LogP contribution >= 0.6 is 0 Å². The molecule has 1 rings (SSSR count). The number of hydroxylamine groups is 1. The van der Waals surface area contributed by atoms with Crippen molar-refractivity contribution in [2.75, 3.05) is 6.61 Å². The molecule has 1 aromatic carbocycles. The lowest BCUT2D eigenvalue weighted by Gasteiger charge is -2.09. The lowest BCUT2D eigenvalue weighted by Crippen LogP contribution is -2.24. The first-order valence-electron chi connectivity index (χ1n) is 4.82. The van der Waals surface area contributed by atoms with Gasteiger partial charge in [0.2, 0.25) is 0 Å². The molecule has 8 heteroatoms. The molecule has 0 saturated heterocycles. The quantitative estimate of drug-likeness (QED) is 0.490. The fraction of sp³-hybridized carbons (Fsp3) is 0.400. The summed E-state index contributed by atoms with van der Waals surface area (Å²) in [4.78, 5) is 4.17. The molecule has 0 unspecified atom stereocenters. The molecule has 0 aliphatic rings. The Morgan fingerprint density at radius 1 is 1.11 bits per heavy atom. The van der Waals surface area contributed by atoms with Crippen LogP contribution in [0, 0.1) is 0 Å². The first-order valence-corrected chi connectivity index (χ1v) is 4.82. The maximum Gasteiger partial charge on any atom is 0.413 e. The van der Waals surface area contributed by atoms with E-state index in [0.29, 0.717) is 5.56 Å². The molecular formula is C10H10F5NO2. The standard InChI is InChI=1S/C10H10F5NO2/c11-9(12)18-8-3-1-7(2-4-8)5-16-17-6-10(13,14)15/h1-4,9,16H,5-6H2. The van der Waals surface area contributed by atoms with Crippen molar-refractivity contribution in [3.05, 3.63) is 29.8 Å². The number of benzene rings is 1. The summed E-state index contributed by atoms with van der Waals surface area (Å²) in [5.41, 5.74) is 2.68. The minimum absolute atomic E-state index is 0.0189. The van der Waals surface area contributed by atoms with Crippen LogP contribution in [-0.4, -0.2) is 19.4 Å². The zero-order valence-electron chi connectivity index (χ0n) is 9.01. The Hall–Kier alpha value is -1.41. The summed E-state index contributed by atoms with van der Waals surface area (Å²) in [5, 5.41) is 0. The van der Waals surface area contributed by atoms with Gasteiger partial charge in [-0.05, 0) is 17.7 Å². The normalized spacial score (nSPS) is 11.9. The second-order valence-electron chi connectivity index (χ2n) is 3.25. The Labute approximate surface area is 99.4 Å². The molecule has 0 heterocycles. The number of hydrogen-bond donors (Lipinski definition) is 1. The summed E-state index contributed by atoms with van der Waals surface area (Å²) in [5.74, 6) is -0.0232. The predicted molar refractivity (Wildman–Crippen MR) is 51.9 cm³/mol. The molecule has 0 aliphatic heterocycles. The second kappa shape index (κ2) is 6.50. The third kappa shape index (κ3) is 6.36. The van der Waals surface area contributed by atoms with Crippen LogP contribution in [0.3, 0.4) is 0 Å². The van der Waals surface area contributed by atoms with E-state index in [0.717, 1.165) is 0 Å². The zero-order valence-corrected chi connectivity index (χ0v) is 9.01. The maximum absolute atomic E-state index is 11.8. The lowest BCUT2D eigenvalue weighted by molar-refractivity contribution is -0.190. The summed E-state index contributed by atoms with van der Waals surface area (Å²) >= 11 is 0. The van der Waals surface area contributed by atoms with E-state index in [9.17, 15) is 22.0 Å². The first kappa shape index (κ1) is 14.7. The molecule has 102 valence electrons. The van der Waals surface area contributed by atoms with Crippen molar-refractivity contribution < 1.29 is 31.5 Å². The van der Waals surface area contributed by atoms with E-state index in [-0.39, 0.29) is 12.3 Å². The van der Waals surface area contributed by atoms with Gasteiger partial charge in [-0.25, -0.2) is 0 Å². The van der Waals surface area contributed by atoms with Gasteiger partial charge >= 0.3 is 12.8 Å². The highest BCUT2D eigenvalue weighted by Gasteiger charge is 2.27. The molecule has 18 heavy (non-hydrogen) atoms. The van der Waals surface area contributed by atoms with E-state index >= 15 is 0 Å². The Kier molecular flexibility index (Phi) is 5.29. The van der Waals surface area contributed by atoms with Crippen LogP contribution in [0.15, 0.2) is 24.3 Å². The maximum atomic E-state index is 11.8. The van der Waals surface area contributed by atoms with E-state index in [2.05, 4.69) is 15.1 Å². The Bertz CT molecular complexity index is 352. The summed E-state index contributed by atoms with van der Waals surface area (Å²) in [6.45, 7) is -4.30. The van der Waals surface area contributed by atoms with Crippen molar-refractivity contribution in [3.63, 3.8) is 0 Å². The van der Waals surface area contributed by atoms with Crippen LogP contribution in [0.2, 0.25) is 0 Å². The van der Waals surface area contributed by atoms with Gasteiger partial charge in [-0.3, -0.25) is 4.84 Å². The Morgan fingerprint density at radius 2 is 1.72 bits per heavy atom. The molecule has 3 nitrogen and oxygen atoms in total. The number of ether oxygens (including phenoxy) is 1. The number of alkyl halides is 5. The minimum atomic E-state index is -4.40. The number of rotatable bonds is 6. The molecule has 0 fully saturated rings. The molecule has 0 spiro atoms. The molecule has 0 aromatic heterocycles. The topological polar surface area (TPSA) is 30.5 Å². The van der Waals surface area contributed by atoms with E-state index in [1.54, 1.807) is 0 Å². The van der Waals surface area contributed by atoms with E-state index in [4.69, 9.17) is 0 Å². The zero-order chi connectivity index (χ0) is 13.6. The van der Waals surface area contributed by atoms with Crippen molar-refractivity contribution in [2.24, 2.45) is 0 Å². The summed E-state index contributed by atoms with van der Waals surface area (Å²) in [6.07, 6.45) is -4.40. The molecule has 0 saturated carbocycles. The van der Waals surface area contributed by atoms with Crippen molar-refractivity contribution in [2.45, 2.75) is 19.3 Å².